The van der Waals surface area contributed by atoms with E-state index in [4.69, 9.17) is 4.74 Å². The van der Waals surface area contributed by atoms with Gasteiger partial charge in [-0.25, -0.2) is 0 Å². The molecule has 3 aliphatic heterocycles. The summed E-state index contributed by atoms with van der Waals surface area (Å²) < 4.78 is 6.10. The number of aryl methyl sites for hydroxylation is 1. The van der Waals surface area contributed by atoms with Gasteiger partial charge in [0.1, 0.15) is 6.04 Å². The third-order valence-corrected chi connectivity index (χ3v) is 8.40. The highest BCUT2D eigenvalue weighted by Crippen LogP contribution is 2.40. The van der Waals surface area contributed by atoms with Crippen LogP contribution < -0.4 is 10.6 Å². The highest BCUT2D eigenvalue weighted by molar-refractivity contribution is 6.01. The number of rotatable bonds is 4. The van der Waals surface area contributed by atoms with Gasteiger partial charge in [-0.1, -0.05) is 6.07 Å². The summed E-state index contributed by atoms with van der Waals surface area (Å²) in [4.78, 5) is 26.1. The smallest absolute Gasteiger partial charge is 0.249 e. The standard InChI is InChI=1S/C26H37N3O3/c1-18-17-20(27-23-9-10-24(30)28-25(23)31)5-8-22(18)19-3-6-21(7-4-19)29-14-12-26(13-15-29)11-2-16-32-26/h5,8,17,19,21,23,27H,2-4,6-7,9-16H2,1H3,(H,28,30,31). The van der Waals surface area contributed by atoms with Crippen LogP contribution in [0.3, 0.4) is 0 Å². The van der Waals surface area contributed by atoms with E-state index < -0.39 is 0 Å². The minimum absolute atomic E-state index is 0.175. The van der Waals surface area contributed by atoms with Crippen LogP contribution in [-0.2, 0) is 14.3 Å². The summed E-state index contributed by atoms with van der Waals surface area (Å²) in [5.41, 5.74) is 3.93. The van der Waals surface area contributed by atoms with E-state index in [-0.39, 0.29) is 23.5 Å². The largest absolute Gasteiger partial charge is 0.375 e. The van der Waals surface area contributed by atoms with E-state index in [1.807, 2.05) is 0 Å². The predicted octanol–water partition coefficient (Wildman–Crippen LogP) is 3.88. The van der Waals surface area contributed by atoms with Crippen molar-refractivity contribution in [1.82, 2.24) is 10.2 Å². The number of carbonyl (C=O) groups excluding carboxylic acids is 2. The lowest BCUT2D eigenvalue weighted by atomic mass is 9.78. The Morgan fingerprint density at radius 3 is 2.50 bits per heavy atom. The molecule has 1 aliphatic carbocycles. The van der Waals surface area contributed by atoms with E-state index in [2.05, 4.69) is 40.7 Å². The van der Waals surface area contributed by atoms with Crippen molar-refractivity contribution in [2.24, 2.45) is 0 Å². The second-order valence-electron chi connectivity index (χ2n) is 10.4. The first-order valence-corrected chi connectivity index (χ1v) is 12.6. The normalized spacial score (nSPS) is 31.0. The number of likely N-dealkylation sites (tertiary alicyclic amines) is 1. The number of amides is 2. The van der Waals surface area contributed by atoms with Crippen molar-refractivity contribution in [3.05, 3.63) is 29.3 Å². The zero-order valence-electron chi connectivity index (χ0n) is 19.3. The Bertz CT molecular complexity index is 846. The molecule has 6 heteroatoms. The highest BCUT2D eigenvalue weighted by atomic mass is 16.5. The number of hydrogen-bond donors (Lipinski definition) is 2. The lowest BCUT2D eigenvalue weighted by Gasteiger charge is -2.44. The molecule has 32 heavy (non-hydrogen) atoms. The van der Waals surface area contributed by atoms with Crippen LogP contribution in [-0.4, -0.2) is 54.1 Å². The molecule has 0 bridgehead atoms. The van der Waals surface area contributed by atoms with Crippen LogP contribution in [0.15, 0.2) is 18.2 Å². The predicted molar refractivity (Wildman–Crippen MR) is 125 cm³/mol. The average Bonchev–Trinajstić information content (AvgIpc) is 3.24. The number of anilines is 1. The van der Waals surface area contributed by atoms with Gasteiger partial charge in [0.25, 0.3) is 0 Å². The molecular weight excluding hydrogens is 402 g/mol. The summed E-state index contributed by atoms with van der Waals surface area (Å²) >= 11 is 0. The summed E-state index contributed by atoms with van der Waals surface area (Å²) in [6.45, 7) is 5.55. The molecule has 4 fully saturated rings. The lowest BCUT2D eigenvalue weighted by Crippen LogP contribution is -2.48. The van der Waals surface area contributed by atoms with Crippen molar-refractivity contribution in [3.63, 3.8) is 0 Å². The minimum atomic E-state index is -0.327. The number of carbonyl (C=O) groups is 2. The zero-order chi connectivity index (χ0) is 22.1. The first-order chi connectivity index (χ1) is 15.5. The second kappa shape index (κ2) is 9.14. The van der Waals surface area contributed by atoms with Crippen LogP contribution >= 0.6 is 0 Å². The SMILES string of the molecule is Cc1cc(NC2CCC(=O)NC2=O)ccc1C1CCC(N2CCC3(CCCO3)CC2)CC1. The fraction of sp³-hybridized carbons (Fsp3) is 0.692. The van der Waals surface area contributed by atoms with E-state index in [1.165, 1.54) is 75.6 Å². The van der Waals surface area contributed by atoms with E-state index in [1.54, 1.807) is 0 Å². The van der Waals surface area contributed by atoms with Crippen molar-refractivity contribution in [2.45, 2.75) is 94.7 Å². The monoisotopic (exact) mass is 439 g/mol. The van der Waals surface area contributed by atoms with Gasteiger partial charge in [0.05, 0.1) is 5.60 Å². The molecule has 4 aliphatic rings. The molecule has 1 saturated carbocycles. The number of benzene rings is 1. The lowest BCUT2D eigenvalue weighted by molar-refractivity contribution is -0.133. The van der Waals surface area contributed by atoms with Gasteiger partial charge in [-0.3, -0.25) is 14.9 Å². The van der Waals surface area contributed by atoms with Gasteiger partial charge in [-0.15, -0.1) is 0 Å². The average molecular weight is 440 g/mol. The molecular formula is C26H37N3O3. The minimum Gasteiger partial charge on any atom is -0.375 e. The first kappa shape index (κ1) is 21.9. The maximum Gasteiger partial charge on any atom is 0.249 e. The third-order valence-electron chi connectivity index (χ3n) is 8.40. The molecule has 5 rings (SSSR count). The second-order valence-corrected chi connectivity index (χ2v) is 10.4. The van der Waals surface area contributed by atoms with Crippen LogP contribution in [0, 0.1) is 6.92 Å². The van der Waals surface area contributed by atoms with Crippen molar-refractivity contribution >= 4 is 17.5 Å². The molecule has 1 aromatic rings. The topological polar surface area (TPSA) is 70.7 Å². The molecule has 0 radical (unpaired) electrons. The summed E-state index contributed by atoms with van der Waals surface area (Å²) in [6.07, 6.45) is 11.0. The van der Waals surface area contributed by atoms with Crippen LogP contribution in [0.1, 0.15) is 81.3 Å². The molecule has 1 spiro atoms. The van der Waals surface area contributed by atoms with Gasteiger partial charge in [0.15, 0.2) is 0 Å². The van der Waals surface area contributed by atoms with Gasteiger partial charge in [0.2, 0.25) is 11.8 Å². The van der Waals surface area contributed by atoms with E-state index in [9.17, 15) is 9.59 Å². The molecule has 1 aromatic carbocycles. The molecule has 0 aromatic heterocycles. The quantitative estimate of drug-likeness (QED) is 0.697. The number of piperidine rings is 2. The Morgan fingerprint density at radius 1 is 1.06 bits per heavy atom. The summed E-state index contributed by atoms with van der Waals surface area (Å²) in [6, 6.07) is 6.92. The molecule has 3 saturated heterocycles. The highest BCUT2D eigenvalue weighted by Gasteiger charge is 2.40. The molecule has 174 valence electrons. The number of hydrogen-bond acceptors (Lipinski definition) is 5. The van der Waals surface area contributed by atoms with Gasteiger partial charge >= 0.3 is 0 Å². The number of nitrogens with zero attached hydrogens (tertiary/aromatic N) is 1. The van der Waals surface area contributed by atoms with Gasteiger partial charge in [-0.2, -0.15) is 0 Å². The Kier molecular flexibility index (Phi) is 6.26. The van der Waals surface area contributed by atoms with Gasteiger partial charge in [0, 0.05) is 37.8 Å². The van der Waals surface area contributed by atoms with Crippen LogP contribution in [0.5, 0.6) is 0 Å². The Labute approximate surface area is 191 Å². The third kappa shape index (κ3) is 4.58. The number of nitrogens with one attached hydrogen (secondary N) is 2. The van der Waals surface area contributed by atoms with E-state index in [0.717, 1.165) is 18.3 Å². The van der Waals surface area contributed by atoms with Gasteiger partial charge in [-0.05, 0) is 93.9 Å². The van der Waals surface area contributed by atoms with Crippen molar-refractivity contribution in [2.75, 3.05) is 25.0 Å². The van der Waals surface area contributed by atoms with Crippen molar-refractivity contribution in [1.29, 1.82) is 0 Å². The summed E-state index contributed by atoms with van der Waals surface area (Å²) in [5, 5.41) is 5.73. The maximum absolute atomic E-state index is 12.0. The van der Waals surface area contributed by atoms with Gasteiger partial charge < -0.3 is 15.0 Å². The molecule has 1 atom stereocenters. The number of imide groups is 1. The summed E-state index contributed by atoms with van der Waals surface area (Å²) in [5.74, 6) is 0.237. The Balaban J connectivity index is 1.14. The summed E-state index contributed by atoms with van der Waals surface area (Å²) in [7, 11) is 0. The van der Waals surface area contributed by atoms with Crippen molar-refractivity contribution in [3.8, 4) is 0 Å². The molecule has 2 amide bonds. The maximum atomic E-state index is 12.0. The van der Waals surface area contributed by atoms with Crippen molar-refractivity contribution < 1.29 is 14.3 Å². The fourth-order valence-corrected chi connectivity index (χ4v) is 6.45. The van der Waals surface area contributed by atoms with E-state index in [0.29, 0.717) is 18.8 Å². The van der Waals surface area contributed by atoms with Crippen LogP contribution in [0.25, 0.3) is 0 Å². The van der Waals surface area contributed by atoms with Crippen LogP contribution in [0.4, 0.5) is 5.69 Å². The van der Waals surface area contributed by atoms with E-state index >= 15 is 0 Å². The Hall–Kier alpha value is -1.92. The zero-order valence-corrected chi connectivity index (χ0v) is 19.3. The van der Waals surface area contributed by atoms with Crippen LogP contribution in [0.2, 0.25) is 0 Å². The molecule has 3 heterocycles. The molecule has 1 unspecified atom stereocenters. The molecule has 2 N–H and O–H groups in total. The Morgan fingerprint density at radius 2 is 1.84 bits per heavy atom. The fourth-order valence-electron chi connectivity index (χ4n) is 6.45. The first-order valence-electron chi connectivity index (χ1n) is 12.6. The number of ether oxygens (including phenoxy) is 1. The molecule has 6 nitrogen and oxygen atoms in total.